The molecule has 1 radical (unpaired) electrons. The number of ether oxygens (including phenoxy) is 1. The molecule has 1 saturated heterocycles. The zero-order valence-electron chi connectivity index (χ0n) is 18.9. The van der Waals surface area contributed by atoms with Crippen LogP contribution >= 0.6 is 18.6 Å². The number of nitrogens with one attached hydrogen (secondary N) is 1. The summed E-state index contributed by atoms with van der Waals surface area (Å²) in [6.07, 6.45) is 9.20. The van der Waals surface area contributed by atoms with E-state index in [1.165, 1.54) is 62.0 Å². The number of hydrogen-bond acceptors (Lipinski definition) is 4. The minimum atomic E-state index is -1.53. The van der Waals surface area contributed by atoms with E-state index in [2.05, 4.69) is 42.6 Å². The van der Waals surface area contributed by atoms with Crippen molar-refractivity contribution in [3.8, 4) is 0 Å². The van der Waals surface area contributed by atoms with Crippen molar-refractivity contribution < 1.29 is 47.0 Å². The van der Waals surface area contributed by atoms with Gasteiger partial charge < -0.3 is 10.1 Å². The largest absolute Gasteiger partial charge is 0.465 e. The Morgan fingerprint density at radius 3 is 2.35 bits per heavy atom. The van der Waals surface area contributed by atoms with Crippen molar-refractivity contribution in [2.45, 2.75) is 57.8 Å². The van der Waals surface area contributed by atoms with E-state index in [-0.39, 0.29) is 50.2 Å². The molecule has 7 heteroatoms. The summed E-state index contributed by atoms with van der Waals surface area (Å²) in [6, 6.07) is 10.7. The van der Waals surface area contributed by atoms with Gasteiger partial charge in [0.05, 0.1) is 31.3 Å². The molecular weight excluding hydrogens is 502 g/mol. The summed E-state index contributed by atoms with van der Waals surface area (Å²) < 4.78 is 4.92. The fraction of sp³-hybridized carbons (Fsp3) is 0.500. The van der Waals surface area contributed by atoms with Gasteiger partial charge in [0.25, 0.3) is 5.91 Å². The van der Waals surface area contributed by atoms with Crippen LogP contribution in [0.1, 0.15) is 59.8 Å². The van der Waals surface area contributed by atoms with Crippen molar-refractivity contribution >= 4 is 36.2 Å². The SMILES string of the molecule is CCC(C(=O)Nc1c(C)csc1C(=O)OC)[P+]1(Cc2ccccc2)CCCCCC1.[Y]. The first-order chi connectivity index (χ1) is 14.5. The van der Waals surface area contributed by atoms with Crippen LogP contribution in [0.3, 0.4) is 0 Å². The van der Waals surface area contributed by atoms with Crippen molar-refractivity contribution in [3.05, 3.63) is 51.7 Å². The number of carbonyl (C=O) groups excluding carboxylic acids is 2. The third-order valence-corrected chi connectivity index (χ3v) is 12.7. The first kappa shape index (κ1) is 26.6. The molecule has 0 saturated carbocycles. The molecule has 4 nitrogen and oxygen atoms in total. The van der Waals surface area contributed by atoms with Gasteiger partial charge in [-0.25, -0.2) is 4.79 Å². The van der Waals surface area contributed by atoms with Crippen LogP contribution in [0.2, 0.25) is 0 Å². The summed E-state index contributed by atoms with van der Waals surface area (Å²) >= 11 is 1.33. The molecule has 1 aromatic heterocycles. The number of rotatable bonds is 7. The van der Waals surface area contributed by atoms with E-state index in [4.69, 9.17) is 4.74 Å². The van der Waals surface area contributed by atoms with Gasteiger partial charge in [-0.3, -0.25) is 4.79 Å². The van der Waals surface area contributed by atoms with Crippen LogP contribution < -0.4 is 5.32 Å². The number of anilines is 1. The van der Waals surface area contributed by atoms with E-state index in [1.807, 2.05) is 12.3 Å². The van der Waals surface area contributed by atoms with Gasteiger partial charge >= 0.3 is 5.97 Å². The Balaban J connectivity index is 0.00000341. The molecule has 1 N–H and O–H groups in total. The Morgan fingerprint density at radius 1 is 1.13 bits per heavy atom. The van der Waals surface area contributed by atoms with E-state index in [9.17, 15) is 9.59 Å². The molecule has 0 bridgehead atoms. The van der Waals surface area contributed by atoms with Crippen LogP contribution in [-0.4, -0.2) is 37.0 Å². The van der Waals surface area contributed by atoms with Crippen molar-refractivity contribution in [2.24, 2.45) is 0 Å². The molecule has 1 atom stereocenters. The average molecular weight is 535 g/mol. The van der Waals surface area contributed by atoms with Gasteiger partial charge in [0.1, 0.15) is 10.5 Å². The normalized spacial score (nSPS) is 16.5. The minimum Gasteiger partial charge on any atom is -0.465 e. The van der Waals surface area contributed by atoms with E-state index in [1.54, 1.807) is 0 Å². The molecule has 1 aromatic carbocycles. The average Bonchev–Trinajstić information content (AvgIpc) is 2.95. The Kier molecular flexibility index (Phi) is 10.8. The Labute approximate surface area is 216 Å². The van der Waals surface area contributed by atoms with Crippen LogP contribution in [-0.2, 0) is 48.4 Å². The number of amides is 1. The summed E-state index contributed by atoms with van der Waals surface area (Å²) in [4.78, 5) is 26.3. The van der Waals surface area contributed by atoms with Gasteiger partial charge in [0, 0.05) is 40.0 Å². The van der Waals surface area contributed by atoms with Crippen LogP contribution in [0.15, 0.2) is 35.7 Å². The second kappa shape index (κ2) is 12.6. The van der Waals surface area contributed by atoms with Gasteiger partial charge in [-0.05, 0) is 55.5 Å². The predicted molar refractivity (Wildman–Crippen MR) is 128 cm³/mol. The summed E-state index contributed by atoms with van der Waals surface area (Å²) in [5.41, 5.74) is 2.91. The third-order valence-electron chi connectivity index (χ3n) is 6.24. The number of methoxy groups -OCH3 is 1. The van der Waals surface area contributed by atoms with Crippen molar-refractivity contribution in [1.82, 2.24) is 0 Å². The quantitative estimate of drug-likeness (QED) is 0.332. The van der Waals surface area contributed by atoms with Crippen LogP contribution in [0, 0.1) is 6.92 Å². The maximum Gasteiger partial charge on any atom is 0.350 e. The Bertz CT molecular complexity index is 863. The zero-order valence-corrected chi connectivity index (χ0v) is 23.4. The second-order valence-corrected chi connectivity index (χ2v) is 13.4. The third kappa shape index (κ3) is 6.47. The first-order valence-electron chi connectivity index (χ1n) is 10.9. The molecule has 0 aliphatic carbocycles. The molecule has 3 rings (SSSR count). The van der Waals surface area contributed by atoms with Crippen molar-refractivity contribution in [2.75, 3.05) is 24.8 Å². The molecule has 1 amide bonds. The van der Waals surface area contributed by atoms with Crippen molar-refractivity contribution in [3.63, 3.8) is 0 Å². The predicted octanol–water partition coefficient (Wildman–Crippen LogP) is 6.35. The molecule has 1 unspecified atom stereocenters. The number of aryl methyl sites for hydroxylation is 1. The maximum absolute atomic E-state index is 13.6. The van der Waals surface area contributed by atoms with Gasteiger partial charge in [-0.15, -0.1) is 11.3 Å². The van der Waals surface area contributed by atoms with Gasteiger partial charge in [-0.1, -0.05) is 37.3 Å². The molecule has 1 fully saturated rings. The minimum absolute atomic E-state index is 0. The number of esters is 1. The number of benzene rings is 1. The molecule has 2 aromatic rings. The molecule has 2 heterocycles. The number of carbonyl (C=O) groups is 2. The monoisotopic (exact) mass is 535 g/mol. The van der Waals surface area contributed by atoms with E-state index in [0.29, 0.717) is 10.6 Å². The molecule has 31 heavy (non-hydrogen) atoms. The second-order valence-electron chi connectivity index (χ2n) is 8.25. The van der Waals surface area contributed by atoms with E-state index < -0.39 is 7.26 Å². The smallest absolute Gasteiger partial charge is 0.350 e. The standard InChI is InChI=1S/C24H32NO3PS.Y/c1-4-20(23(26)25-21-18(2)17-30-22(21)24(27)28-3)29(14-10-5-6-11-15-29)16-19-12-8-7-9-13-19;/h7-9,12-13,17,20H,4-6,10-11,14-16H2,1-3H3;/p+1. The molecular formula is C24H33NO3PSY+. The summed E-state index contributed by atoms with van der Waals surface area (Å²) in [7, 11) is -0.147. The topological polar surface area (TPSA) is 55.4 Å². The fourth-order valence-electron chi connectivity index (χ4n) is 4.72. The van der Waals surface area contributed by atoms with Gasteiger partial charge in [-0.2, -0.15) is 0 Å². The van der Waals surface area contributed by atoms with Gasteiger partial charge in [0.15, 0.2) is 0 Å². The number of thiophene rings is 1. The Morgan fingerprint density at radius 2 is 1.77 bits per heavy atom. The molecule has 0 spiro atoms. The van der Waals surface area contributed by atoms with E-state index >= 15 is 0 Å². The van der Waals surface area contributed by atoms with Crippen LogP contribution in [0.5, 0.6) is 0 Å². The summed E-state index contributed by atoms with van der Waals surface area (Å²) in [5.74, 6) is -0.310. The van der Waals surface area contributed by atoms with Crippen molar-refractivity contribution in [1.29, 1.82) is 0 Å². The Hall–Kier alpha value is -0.606. The summed E-state index contributed by atoms with van der Waals surface area (Å²) in [5, 5.41) is 5.06. The molecule has 1 aliphatic heterocycles. The summed E-state index contributed by atoms with van der Waals surface area (Å²) in [6.45, 7) is 4.07. The van der Waals surface area contributed by atoms with Crippen LogP contribution in [0.25, 0.3) is 0 Å². The first-order valence-corrected chi connectivity index (χ1v) is 14.2. The molecule has 165 valence electrons. The maximum atomic E-state index is 13.6. The zero-order chi connectivity index (χ0) is 21.6. The van der Waals surface area contributed by atoms with E-state index in [0.717, 1.165) is 18.1 Å². The van der Waals surface area contributed by atoms with Gasteiger partial charge in [0.2, 0.25) is 0 Å². The number of hydrogen-bond donors (Lipinski definition) is 1. The molecule has 1 aliphatic rings. The fourth-order valence-corrected chi connectivity index (χ4v) is 11.0. The van der Waals surface area contributed by atoms with Crippen LogP contribution in [0.4, 0.5) is 5.69 Å².